The normalized spacial score (nSPS) is 13.1. The zero-order chi connectivity index (χ0) is 11.3. The zero-order valence-corrected chi connectivity index (χ0v) is 10.2. The molecule has 1 N–H and O–H groups in total. The van der Waals surface area contributed by atoms with E-state index < -0.39 is 0 Å². The minimum atomic E-state index is 0.398. The molecule has 0 aliphatic carbocycles. The molecule has 1 unspecified atom stereocenters. The van der Waals surface area contributed by atoms with E-state index in [2.05, 4.69) is 43.2 Å². The number of aromatic nitrogens is 1. The third kappa shape index (κ3) is 4.00. The maximum Gasteiger partial charge on any atom is 0.0576 e. The van der Waals surface area contributed by atoms with E-state index in [9.17, 15) is 0 Å². The van der Waals surface area contributed by atoms with Gasteiger partial charge in [0, 0.05) is 11.7 Å². The number of nitrogens with one attached hydrogen (secondary N) is 1. The van der Waals surface area contributed by atoms with E-state index in [0.29, 0.717) is 12.0 Å². The van der Waals surface area contributed by atoms with Gasteiger partial charge in [0.2, 0.25) is 0 Å². The van der Waals surface area contributed by atoms with Gasteiger partial charge in [0.25, 0.3) is 0 Å². The minimum absolute atomic E-state index is 0.398. The fourth-order valence-corrected chi connectivity index (χ4v) is 1.78. The second kappa shape index (κ2) is 5.86. The van der Waals surface area contributed by atoms with Crippen LogP contribution in [0.4, 0.5) is 0 Å². The number of hydrogen-bond donors (Lipinski definition) is 1. The van der Waals surface area contributed by atoms with E-state index in [4.69, 9.17) is 0 Å². The summed E-state index contributed by atoms with van der Waals surface area (Å²) in [6.07, 6.45) is 1.14. The summed E-state index contributed by atoms with van der Waals surface area (Å²) in [5, 5.41) is 3.49. The van der Waals surface area contributed by atoms with Crippen molar-refractivity contribution in [3.8, 4) is 0 Å². The molecule has 15 heavy (non-hydrogen) atoms. The van der Waals surface area contributed by atoms with Gasteiger partial charge in [0.15, 0.2) is 0 Å². The van der Waals surface area contributed by atoms with Crippen LogP contribution in [0.3, 0.4) is 0 Å². The Morgan fingerprint density at radius 3 is 2.60 bits per heavy atom. The Balaban J connectivity index is 2.78. The maximum atomic E-state index is 4.58. The van der Waals surface area contributed by atoms with Crippen molar-refractivity contribution in [3.05, 3.63) is 29.6 Å². The SMILES string of the molecule is CCNC(CC(C)C)c1cccc(C)n1. The van der Waals surface area contributed by atoms with Gasteiger partial charge in [0.1, 0.15) is 0 Å². The predicted molar refractivity (Wildman–Crippen MR) is 64.8 cm³/mol. The van der Waals surface area contributed by atoms with E-state index >= 15 is 0 Å². The second-order valence-electron chi connectivity index (χ2n) is 4.44. The Bertz CT molecular complexity index is 294. The third-order valence-electron chi connectivity index (χ3n) is 2.42. The van der Waals surface area contributed by atoms with Crippen LogP contribution >= 0.6 is 0 Å². The molecule has 1 aromatic rings. The lowest BCUT2D eigenvalue weighted by molar-refractivity contribution is 0.430. The van der Waals surface area contributed by atoms with Crippen molar-refractivity contribution in [1.82, 2.24) is 10.3 Å². The first kappa shape index (κ1) is 12.2. The lowest BCUT2D eigenvalue weighted by atomic mass is 10.0. The average molecular weight is 206 g/mol. The Morgan fingerprint density at radius 2 is 2.07 bits per heavy atom. The molecule has 0 saturated heterocycles. The Labute approximate surface area is 93.1 Å². The van der Waals surface area contributed by atoms with Crippen molar-refractivity contribution in [1.29, 1.82) is 0 Å². The largest absolute Gasteiger partial charge is 0.309 e. The van der Waals surface area contributed by atoms with Gasteiger partial charge in [-0.05, 0) is 37.9 Å². The zero-order valence-electron chi connectivity index (χ0n) is 10.2. The molecule has 1 aromatic heterocycles. The quantitative estimate of drug-likeness (QED) is 0.800. The summed E-state index contributed by atoms with van der Waals surface area (Å²) in [5.41, 5.74) is 2.27. The first-order valence-corrected chi connectivity index (χ1v) is 5.80. The molecule has 1 heterocycles. The van der Waals surface area contributed by atoms with E-state index in [-0.39, 0.29) is 0 Å². The van der Waals surface area contributed by atoms with E-state index in [1.807, 2.05) is 13.0 Å². The van der Waals surface area contributed by atoms with Crippen molar-refractivity contribution < 1.29 is 0 Å². The van der Waals surface area contributed by atoms with Crippen LogP contribution in [0.25, 0.3) is 0 Å². The fraction of sp³-hybridized carbons (Fsp3) is 0.615. The summed E-state index contributed by atoms with van der Waals surface area (Å²) in [6.45, 7) is 9.68. The molecule has 1 rings (SSSR count). The van der Waals surface area contributed by atoms with Crippen molar-refractivity contribution in [2.45, 2.75) is 40.2 Å². The number of aryl methyl sites for hydroxylation is 1. The molecule has 1 atom stereocenters. The molecule has 0 aliphatic rings. The highest BCUT2D eigenvalue weighted by molar-refractivity contribution is 5.13. The van der Waals surface area contributed by atoms with Gasteiger partial charge in [-0.25, -0.2) is 0 Å². The highest BCUT2D eigenvalue weighted by atomic mass is 14.9. The minimum Gasteiger partial charge on any atom is -0.309 e. The van der Waals surface area contributed by atoms with E-state index in [1.54, 1.807) is 0 Å². The van der Waals surface area contributed by atoms with Crippen molar-refractivity contribution in [3.63, 3.8) is 0 Å². The van der Waals surface area contributed by atoms with Crippen LogP contribution in [0.1, 0.15) is 44.6 Å². The summed E-state index contributed by atoms with van der Waals surface area (Å²) in [6, 6.07) is 6.64. The molecule has 0 amide bonds. The molecule has 0 radical (unpaired) electrons. The van der Waals surface area contributed by atoms with Crippen LogP contribution < -0.4 is 5.32 Å². The summed E-state index contributed by atoms with van der Waals surface area (Å²) < 4.78 is 0. The Kier molecular flexibility index (Phi) is 4.76. The molecular formula is C13H22N2. The van der Waals surface area contributed by atoms with Crippen LogP contribution in [0.15, 0.2) is 18.2 Å². The second-order valence-corrected chi connectivity index (χ2v) is 4.44. The summed E-state index contributed by atoms with van der Waals surface area (Å²) in [5.74, 6) is 0.691. The first-order chi connectivity index (χ1) is 7.13. The number of rotatable bonds is 5. The van der Waals surface area contributed by atoms with Crippen LogP contribution in [-0.2, 0) is 0 Å². The smallest absolute Gasteiger partial charge is 0.0576 e. The van der Waals surface area contributed by atoms with Gasteiger partial charge < -0.3 is 5.32 Å². The van der Waals surface area contributed by atoms with Crippen molar-refractivity contribution in [2.24, 2.45) is 5.92 Å². The van der Waals surface area contributed by atoms with E-state index in [1.165, 1.54) is 5.69 Å². The average Bonchev–Trinajstić information content (AvgIpc) is 2.16. The molecule has 0 fully saturated rings. The highest BCUT2D eigenvalue weighted by Gasteiger charge is 2.13. The van der Waals surface area contributed by atoms with Crippen LogP contribution in [-0.4, -0.2) is 11.5 Å². The number of hydrogen-bond acceptors (Lipinski definition) is 2. The molecule has 0 aromatic carbocycles. The van der Waals surface area contributed by atoms with E-state index in [0.717, 1.165) is 18.7 Å². The lowest BCUT2D eigenvalue weighted by Gasteiger charge is -2.19. The summed E-state index contributed by atoms with van der Waals surface area (Å²) in [4.78, 5) is 4.58. The predicted octanol–water partition coefficient (Wildman–Crippen LogP) is 3.09. The maximum absolute atomic E-state index is 4.58. The topological polar surface area (TPSA) is 24.9 Å². The van der Waals surface area contributed by atoms with Gasteiger partial charge in [-0.1, -0.05) is 26.8 Å². The van der Waals surface area contributed by atoms with Gasteiger partial charge in [-0.3, -0.25) is 4.98 Å². The van der Waals surface area contributed by atoms with Crippen molar-refractivity contribution in [2.75, 3.05) is 6.54 Å². The molecule has 2 heteroatoms. The van der Waals surface area contributed by atoms with Crippen molar-refractivity contribution >= 4 is 0 Å². The molecule has 0 aliphatic heterocycles. The standard InChI is InChI=1S/C13H22N2/c1-5-14-13(9-10(2)3)12-8-6-7-11(4)15-12/h6-8,10,13-14H,5,9H2,1-4H3. The number of pyridine rings is 1. The number of nitrogens with zero attached hydrogens (tertiary/aromatic N) is 1. The monoisotopic (exact) mass is 206 g/mol. The third-order valence-corrected chi connectivity index (χ3v) is 2.42. The van der Waals surface area contributed by atoms with Gasteiger partial charge >= 0.3 is 0 Å². The van der Waals surface area contributed by atoms with Gasteiger partial charge in [-0.15, -0.1) is 0 Å². The molecular weight excluding hydrogens is 184 g/mol. The Morgan fingerprint density at radius 1 is 1.33 bits per heavy atom. The van der Waals surface area contributed by atoms with Gasteiger partial charge in [0.05, 0.1) is 5.69 Å². The Hall–Kier alpha value is -0.890. The summed E-state index contributed by atoms with van der Waals surface area (Å²) >= 11 is 0. The highest BCUT2D eigenvalue weighted by Crippen LogP contribution is 2.19. The van der Waals surface area contributed by atoms with Crippen LogP contribution in [0.5, 0.6) is 0 Å². The van der Waals surface area contributed by atoms with Crippen LogP contribution in [0, 0.1) is 12.8 Å². The molecule has 0 spiro atoms. The molecule has 2 nitrogen and oxygen atoms in total. The molecule has 84 valence electrons. The fourth-order valence-electron chi connectivity index (χ4n) is 1.78. The molecule has 0 bridgehead atoms. The van der Waals surface area contributed by atoms with Gasteiger partial charge in [-0.2, -0.15) is 0 Å². The molecule has 0 saturated carbocycles. The summed E-state index contributed by atoms with van der Waals surface area (Å²) in [7, 11) is 0. The van der Waals surface area contributed by atoms with Crippen LogP contribution in [0.2, 0.25) is 0 Å². The first-order valence-electron chi connectivity index (χ1n) is 5.80. The lowest BCUT2D eigenvalue weighted by Crippen LogP contribution is -2.23.